The van der Waals surface area contributed by atoms with E-state index in [1.807, 2.05) is 19.1 Å². The van der Waals surface area contributed by atoms with Crippen LogP contribution in [0.4, 0.5) is 4.39 Å². The van der Waals surface area contributed by atoms with E-state index < -0.39 is 0 Å². The molecule has 0 bridgehead atoms. The summed E-state index contributed by atoms with van der Waals surface area (Å²) < 4.78 is 19.4. The summed E-state index contributed by atoms with van der Waals surface area (Å²) >= 11 is 0. The first kappa shape index (κ1) is 20.0. The number of aliphatic imine (C=N–C) groups is 1. The number of H-pyrrole nitrogens is 1. The van der Waals surface area contributed by atoms with Gasteiger partial charge < -0.3 is 15.0 Å². The van der Waals surface area contributed by atoms with E-state index in [2.05, 4.69) is 42.5 Å². The zero-order chi connectivity index (χ0) is 20.9. The van der Waals surface area contributed by atoms with Gasteiger partial charge in [-0.3, -0.25) is 10.1 Å². The van der Waals surface area contributed by atoms with Crippen LogP contribution in [0.2, 0.25) is 0 Å². The van der Waals surface area contributed by atoms with Crippen molar-refractivity contribution in [3.63, 3.8) is 0 Å². The summed E-state index contributed by atoms with van der Waals surface area (Å²) in [6, 6.07) is 14.6. The number of aromatic amines is 1. The van der Waals surface area contributed by atoms with Crippen molar-refractivity contribution in [2.24, 2.45) is 4.99 Å². The highest BCUT2D eigenvalue weighted by Crippen LogP contribution is 2.25. The molecule has 1 aliphatic heterocycles. The predicted octanol–water partition coefficient (Wildman–Crippen LogP) is 3.15. The average Bonchev–Trinajstić information content (AvgIpc) is 3.30. The first-order chi connectivity index (χ1) is 14.6. The van der Waals surface area contributed by atoms with Crippen LogP contribution in [-0.2, 0) is 11.3 Å². The van der Waals surface area contributed by atoms with E-state index in [0.29, 0.717) is 13.1 Å². The van der Waals surface area contributed by atoms with Gasteiger partial charge in [0.25, 0.3) is 0 Å². The van der Waals surface area contributed by atoms with Crippen LogP contribution in [0.25, 0.3) is 11.4 Å². The first-order valence-electron chi connectivity index (χ1n) is 9.93. The Morgan fingerprint density at radius 2 is 2.10 bits per heavy atom. The molecule has 0 radical (unpaired) electrons. The van der Waals surface area contributed by atoms with Crippen molar-refractivity contribution >= 4 is 5.96 Å². The third-order valence-corrected chi connectivity index (χ3v) is 5.08. The highest BCUT2D eigenvalue weighted by atomic mass is 19.1. The molecule has 0 saturated carbocycles. The van der Waals surface area contributed by atoms with Gasteiger partial charge in [-0.05, 0) is 36.2 Å². The van der Waals surface area contributed by atoms with Gasteiger partial charge in [0, 0.05) is 25.7 Å². The maximum atomic E-state index is 13.3. The molecular weight excluding hydrogens is 383 g/mol. The summed E-state index contributed by atoms with van der Waals surface area (Å²) in [4.78, 5) is 10.9. The van der Waals surface area contributed by atoms with Crippen LogP contribution in [0, 0.1) is 5.82 Å². The molecule has 2 unspecified atom stereocenters. The van der Waals surface area contributed by atoms with Gasteiger partial charge >= 0.3 is 0 Å². The van der Waals surface area contributed by atoms with E-state index in [-0.39, 0.29) is 18.0 Å². The van der Waals surface area contributed by atoms with Crippen LogP contribution in [-0.4, -0.2) is 52.3 Å². The number of morpholine rings is 1. The second-order valence-electron chi connectivity index (χ2n) is 7.33. The summed E-state index contributed by atoms with van der Waals surface area (Å²) in [5.74, 6) is 1.30. The summed E-state index contributed by atoms with van der Waals surface area (Å²) in [5.41, 5.74) is 3.06. The molecule has 2 heterocycles. The maximum Gasteiger partial charge on any atom is 0.194 e. The van der Waals surface area contributed by atoms with E-state index in [9.17, 15) is 4.39 Å². The Morgan fingerprint density at radius 1 is 1.27 bits per heavy atom. The summed E-state index contributed by atoms with van der Waals surface area (Å²) in [6.45, 7) is 4.04. The zero-order valence-corrected chi connectivity index (χ0v) is 17.0. The van der Waals surface area contributed by atoms with Crippen molar-refractivity contribution in [3.05, 3.63) is 71.8 Å². The standard InChI is InChI=1S/C22H25FN6O/c1-15-12-29(13-20(30-15)17-6-8-19(23)9-7-17)22(24-2)25-11-16-4-3-5-18(10-16)21-26-14-27-28-21/h3-10,14-15,20H,11-13H2,1-2H3,(H,24,25)(H,26,27,28). The number of nitrogens with zero attached hydrogens (tertiary/aromatic N) is 4. The van der Waals surface area contributed by atoms with E-state index in [1.54, 1.807) is 19.2 Å². The van der Waals surface area contributed by atoms with Crippen molar-refractivity contribution in [3.8, 4) is 11.4 Å². The molecule has 156 valence electrons. The summed E-state index contributed by atoms with van der Waals surface area (Å²) in [5, 5.41) is 10.2. The number of halogens is 1. The monoisotopic (exact) mass is 408 g/mol. The molecule has 1 aromatic heterocycles. The van der Waals surface area contributed by atoms with Crippen molar-refractivity contribution < 1.29 is 9.13 Å². The highest BCUT2D eigenvalue weighted by molar-refractivity contribution is 5.80. The number of ether oxygens (including phenoxy) is 1. The Hall–Kier alpha value is -3.26. The molecule has 2 atom stereocenters. The number of hydrogen-bond donors (Lipinski definition) is 2. The molecule has 1 fully saturated rings. The van der Waals surface area contributed by atoms with Gasteiger partial charge in [-0.15, -0.1) is 0 Å². The van der Waals surface area contributed by atoms with Gasteiger partial charge in [0.05, 0.1) is 12.6 Å². The lowest BCUT2D eigenvalue weighted by atomic mass is 10.1. The molecule has 1 saturated heterocycles. The molecule has 0 spiro atoms. The second kappa shape index (κ2) is 9.04. The Bertz CT molecular complexity index is 989. The number of nitrogens with one attached hydrogen (secondary N) is 2. The van der Waals surface area contributed by atoms with Gasteiger partial charge in [-0.1, -0.05) is 30.3 Å². The minimum absolute atomic E-state index is 0.0298. The Kier molecular flexibility index (Phi) is 6.04. The minimum Gasteiger partial charge on any atom is -0.367 e. The smallest absolute Gasteiger partial charge is 0.194 e. The highest BCUT2D eigenvalue weighted by Gasteiger charge is 2.28. The third-order valence-electron chi connectivity index (χ3n) is 5.08. The topological polar surface area (TPSA) is 78.4 Å². The molecular formula is C22H25FN6O. The van der Waals surface area contributed by atoms with Crippen LogP contribution in [0.15, 0.2) is 59.9 Å². The van der Waals surface area contributed by atoms with E-state index >= 15 is 0 Å². The van der Waals surface area contributed by atoms with Gasteiger partial charge in [0.15, 0.2) is 11.8 Å². The molecule has 3 aromatic rings. The quantitative estimate of drug-likeness (QED) is 0.512. The molecule has 2 aromatic carbocycles. The fourth-order valence-corrected chi connectivity index (χ4v) is 3.67. The van der Waals surface area contributed by atoms with Crippen LogP contribution in [0.1, 0.15) is 24.2 Å². The van der Waals surface area contributed by atoms with Gasteiger partial charge in [0.1, 0.15) is 18.2 Å². The van der Waals surface area contributed by atoms with Crippen LogP contribution in [0.3, 0.4) is 0 Å². The Balaban J connectivity index is 1.43. The maximum absolute atomic E-state index is 13.3. The second-order valence-corrected chi connectivity index (χ2v) is 7.33. The molecule has 1 aliphatic rings. The van der Waals surface area contributed by atoms with Gasteiger partial charge in [-0.25, -0.2) is 9.37 Å². The first-order valence-corrected chi connectivity index (χ1v) is 9.93. The largest absolute Gasteiger partial charge is 0.367 e. The Labute approximate surface area is 175 Å². The fourth-order valence-electron chi connectivity index (χ4n) is 3.67. The van der Waals surface area contributed by atoms with Crippen LogP contribution >= 0.6 is 0 Å². The number of hydrogen-bond acceptors (Lipinski definition) is 4. The normalized spacial score (nSPS) is 19.7. The van der Waals surface area contributed by atoms with E-state index in [4.69, 9.17) is 4.74 Å². The van der Waals surface area contributed by atoms with Crippen LogP contribution in [0.5, 0.6) is 0 Å². The van der Waals surface area contributed by atoms with Crippen molar-refractivity contribution in [2.75, 3.05) is 20.1 Å². The van der Waals surface area contributed by atoms with Crippen molar-refractivity contribution in [2.45, 2.75) is 25.7 Å². The zero-order valence-electron chi connectivity index (χ0n) is 17.0. The summed E-state index contributed by atoms with van der Waals surface area (Å²) in [7, 11) is 1.78. The molecule has 7 nitrogen and oxygen atoms in total. The Morgan fingerprint density at radius 3 is 2.83 bits per heavy atom. The van der Waals surface area contributed by atoms with Crippen LogP contribution < -0.4 is 5.32 Å². The number of rotatable bonds is 4. The molecule has 0 aliphatic carbocycles. The van der Waals surface area contributed by atoms with E-state index in [1.165, 1.54) is 18.5 Å². The van der Waals surface area contributed by atoms with Crippen molar-refractivity contribution in [1.29, 1.82) is 0 Å². The number of benzene rings is 2. The SMILES string of the molecule is CN=C(NCc1cccc(-c2ncn[nH]2)c1)N1CC(C)OC(c2ccc(F)cc2)C1. The molecule has 4 rings (SSSR count). The fraction of sp³-hybridized carbons (Fsp3) is 0.318. The lowest BCUT2D eigenvalue weighted by Crippen LogP contribution is -2.50. The van der Waals surface area contributed by atoms with Gasteiger partial charge in [0.2, 0.25) is 0 Å². The third kappa shape index (κ3) is 4.65. The lowest BCUT2D eigenvalue weighted by Gasteiger charge is -2.38. The molecule has 30 heavy (non-hydrogen) atoms. The molecule has 0 amide bonds. The van der Waals surface area contributed by atoms with E-state index in [0.717, 1.165) is 35.0 Å². The average molecular weight is 408 g/mol. The predicted molar refractivity (Wildman–Crippen MR) is 113 cm³/mol. The minimum atomic E-state index is -0.246. The molecule has 2 N–H and O–H groups in total. The van der Waals surface area contributed by atoms with Gasteiger partial charge in [-0.2, -0.15) is 5.10 Å². The summed E-state index contributed by atoms with van der Waals surface area (Å²) in [6.07, 6.45) is 1.39. The number of aromatic nitrogens is 3. The number of guanidine groups is 1. The lowest BCUT2D eigenvalue weighted by molar-refractivity contribution is -0.0605. The molecule has 8 heteroatoms. The van der Waals surface area contributed by atoms with Crippen molar-refractivity contribution in [1.82, 2.24) is 25.4 Å².